The van der Waals surface area contributed by atoms with Crippen LogP contribution >= 0.6 is 0 Å². The molecule has 0 unspecified atom stereocenters. The monoisotopic (exact) mass is 490 g/mol. The summed E-state index contributed by atoms with van der Waals surface area (Å²) in [5.41, 5.74) is 2.42. The van der Waals surface area contributed by atoms with E-state index in [-0.39, 0.29) is 0 Å². The second-order valence-corrected chi connectivity index (χ2v) is 8.64. The average molecular weight is 491 g/mol. The van der Waals surface area contributed by atoms with Crippen molar-refractivity contribution < 1.29 is 22.6 Å². The van der Waals surface area contributed by atoms with E-state index in [1.807, 2.05) is 47.0 Å². The molecule has 5 aromatic rings. The number of imidazole rings is 1. The zero-order chi connectivity index (χ0) is 25.3. The van der Waals surface area contributed by atoms with E-state index in [1.54, 1.807) is 14.2 Å². The number of aromatic nitrogens is 2. The normalized spacial score (nSPS) is 11.8. The predicted molar refractivity (Wildman–Crippen MR) is 135 cm³/mol. The molecule has 4 aromatic carbocycles. The van der Waals surface area contributed by atoms with Crippen LogP contribution in [0.4, 0.5) is 13.2 Å². The van der Waals surface area contributed by atoms with Crippen LogP contribution in [0.2, 0.25) is 0 Å². The number of aryl methyl sites for hydroxylation is 2. The number of hydrogen-bond acceptors (Lipinski definition) is 3. The van der Waals surface area contributed by atoms with Crippen molar-refractivity contribution in [1.82, 2.24) is 9.55 Å². The summed E-state index contributed by atoms with van der Waals surface area (Å²) in [6.07, 6.45) is -3.27. The Morgan fingerprint density at radius 3 is 2.39 bits per heavy atom. The highest BCUT2D eigenvalue weighted by atomic mass is 19.4. The summed E-state index contributed by atoms with van der Waals surface area (Å²) in [7, 11) is 3.18. The number of benzene rings is 4. The summed E-state index contributed by atoms with van der Waals surface area (Å²) < 4.78 is 52.9. The van der Waals surface area contributed by atoms with E-state index in [9.17, 15) is 13.2 Å². The fourth-order valence-corrected chi connectivity index (χ4v) is 4.63. The van der Waals surface area contributed by atoms with Crippen molar-refractivity contribution in [3.63, 3.8) is 0 Å². The third-order valence-electron chi connectivity index (χ3n) is 6.46. The fourth-order valence-electron chi connectivity index (χ4n) is 4.63. The Kier molecular flexibility index (Phi) is 6.31. The van der Waals surface area contributed by atoms with Gasteiger partial charge in [0.15, 0.2) is 11.5 Å². The molecule has 0 N–H and O–H groups in total. The van der Waals surface area contributed by atoms with E-state index in [2.05, 4.69) is 23.2 Å². The minimum absolute atomic E-state index is 0.340. The van der Waals surface area contributed by atoms with Gasteiger partial charge in [0, 0.05) is 13.0 Å². The van der Waals surface area contributed by atoms with Gasteiger partial charge in [-0.05, 0) is 58.7 Å². The second kappa shape index (κ2) is 9.57. The van der Waals surface area contributed by atoms with Crippen LogP contribution in [0.3, 0.4) is 0 Å². The molecule has 7 heteroatoms. The molecule has 0 fully saturated rings. The molecule has 1 heterocycles. The molecule has 0 bridgehead atoms. The van der Waals surface area contributed by atoms with Crippen LogP contribution < -0.4 is 9.47 Å². The van der Waals surface area contributed by atoms with Crippen molar-refractivity contribution in [2.24, 2.45) is 0 Å². The second-order valence-electron chi connectivity index (χ2n) is 8.64. The van der Waals surface area contributed by atoms with Crippen molar-refractivity contribution in [3.8, 4) is 11.5 Å². The highest BCUT2D eigenvalue weighted by Crippen LogP contribution is 2.33. The van der Waals surface area contributed by atoms with Crippen molar-refractivity contribution in [3.05, 3.63) is 101 Å². The third kappa shape index (κ3) is 4.61. The van der Waals surface area contributed by atoms with Gasteiger partial charge in [-0.15, -0.1) is 0 Å². The standard InChI is InChI=1S/C29H25F3N2O2/c1-35-26-13-10-19(16-27(26)36-2)14-15-34-25-12-11-22(29(30,31)32)18-24(25)33-28(34)17-21-8-5-7-20-6-3-4-9-23(20)21/h3-13,16,18H,14-15,17H2,1-2H3. The predicted octanol–water partition coefficient (Wildman–Crippen LogP) is 7.06. The van der Waals surface area contributed by atoms with Crippen LogP contribution in [-0.2, 0) is 25.6 Å². The van der Waals surface area contributed by atoms with Crippen LogP contribution in [-0.4, -0.2) is 23.8 Å². The molecule has 0 aliphatic carbocycles. The first-order valence-corrected chi connectivity index (χ1v) is 11.6. The van der Waals surface area contributed by atoms with Gasteiger partial charge in [-0.2, -0.15) is 13.2 Å². The lowest BCUT2D eigenvalue weighted by atomic mass is 10.0. The zero-order valence-electron chi connectivity index (χ0n) is 20.0. The number of nitrogens with zero attached hydrogens (tertiary/aromatic N) is 2. The molecule has 0 radical (unpaired) electrons. The van der Waals surface area contributed by atoms with Gasteiger partial charge in [0.25, 0.3) is 0 Å². The summed E-state index contributed by atoms with van der Waals surface area (Å²) in [5, 5.41) is 2.22. The van der Waals surface area contributed by atoms with E-state index in [0.717, 1.165) is 39.9 Å². The molecule has 184 valence electrons. The lowest BCUT2D eigenvalue weighted by Crippen LogP contribution is -2.08. The van der Waals surface area contributed by atoms with Crippen LogP contribution in [0.1, 0.15) is 22.5 Å². The molecular formula is C29H25F3N2O2. The number of ether oxygens (including phenoxy) is 2. The van der Waals surface area contributed by atoms with Gasteiger partial charge >= 0.3 is 6.18 Å². The third-order valence-corrected chi connectivity index (χ3v) is 6.46. The fraction of sp³-hybridized carbons (Fsp3) is 0.207. The first-order chi connectivity index (χ1) is 17.4. The van der Waals surface area contributed by atoms with Crippen molar-refractivity contribution in [1.29, 1.82) is 0 Å². The molecule has 4 nitrogen and oxygen atoms in total. The molecule has 1 aromatic heterocycles. The van der Waals surface area contributed by atoms with E-state index in [0.29, 0.717) is 41.9 Å². The minimum Gasteiger partial charge on any atom is -0.493 e. The number of alkyl halides is 3. The Labute approximate surface area is 206 Å². The molecule has 36 heavy (non-hydrogen) atoms. The van der Waals surface area contributed by atoms with E-state index in [1.165, 1.54) is 6.07 Å². The zero-order valence-corrected chi connectivity index (χ0v) is 20.0. The Bertz CT molecular complexity index is 1530. The van der Waals surface area contributed by atoms with E-state index >= 15 is 0 Å². The Hall–Kier alpha value is -4.00. The van der Waals surface area contributed by atoms with Crippen LogP contribution in [0, 0.1) is 0 Å². The van der Waals surface area contributed by atoms with Gasteiger partial charge < -0.3 is 14.0 Å². The Morgan fingerprint density at radius 2 is 1.61 bits per heavy atom. The van der Waals surface area contributed by atoms with Crippen LogP contribution in [0.5, 0.6) is 11.5 Å². The number of rotatable bonds is 7. The molecule has 0 aliphatic rings. The van der Waals surface area contributed by atoms with Gasteiger partial charge in [-0.3, -0.25) is 0 Å². The van der Waals surface area contributed by atoms with E-state index < -0.39 is 11.7 Å². The van der Waals surface area contributed by atoms with E-state index in [4.69, 9.17) is 9.47 Å². The summed E-state index contributed by atoms with van der Waals surface area (Å²) in [6, 6.07) is 23.7. The summed E-state index contributed by atoms with van der Waals surface area (Å²) in [5.74, 6) is 2.00. The van der Waals surface area contributed by atoms with Gasteiger partial charge in [0.2, 0.25) is 0 Å². The lowest BCUT2D eigenvalue weighted by Gasteiger charge is -2.13. The average Bonchev–Trinajstić information content (AvgIpc) is 3.23. The Balaban J connectivity index is 1.55. The maximum atomic E-state index is 13.4. The lowest BCUT2D eigenvalue weighted by molar-refractivity contribution is -0.137. The van der Waals surface area contributed by atoms with Gasteiger partial charge in [0.05, 0.1) is 30.8 Å². The largest absolute Gasteiger partial charge is 0.493 e. The van der Waals surface area contributed by atoms with Gasteiger partial charge in [-0.25, -0.2) is 4.98 Å². The van der Waals surface area contributed by atoms with Gasteiger partial charge in [0.1, 0.15) is 5.82 Å². The summed E-state index contributed by atoms with van der Waals surface area (Å²) >= 11 is 0. The number of halogens is 3. The van der Waals surface area contributed by atoms with Crippen molar-refractivity contribution >= 4 is 21.8 Å². The summed E-state index contributed by atoms with van der Waals surface area (Å²) in [4.78, 5) is 4.68. The highest BCUT2D eigenvalue weighted by Gasteiger charge is 2.31. The maximum absolute atomic E-state index is 13.4. The molecule has 5 rings (SSSR count). The number of methoxy groups -OCH3 is 2. The molecule has 0 saturated heterocycles. The smallest absolute Gasteiger partial charge is 0.416 e. The van der Waals surface area contributed by atoms with Crippen molar-refractivity contribution in [2.75, 3.05) is 14.2 Å². The first kappa shape index (κ1) is 23.7. The molecule has 0 spiro atoms. The molecule has 0 aliphatic heterocycles. The maximum Gasteiger partial charge on any atom is 0.416 e. The Morgan fingerprint density at radius 1 is 0.833 bits per heavy atom. The topological polar surface area (TPSA) is 36.3 Å². The molecular weight excluding hydrogens is 465 g/mol. The highest BCUT2D eigenvalue weighted by molar-refractivity contribution is 5.86. The number of hydrogen-bond donors (Lipinski definition) is 0. The van der Waals surface area contributed by atoms with Crippen LogP contribution in [0.25, 0.3) is 21.8 Å². The molecule has 0 amide bonds. The molecule has 0 atom stereocenters. The van der Waals surface area contributed by atoms with Crippen molar-refractivity contribution in [2.45, 2.75) is 25.6 Å². The number of fused-ring (bicyclic) bond motifs is 2. The quantitative estimate of drug-likeness (QED) is 0.245. The van der Waals surface area contributed by atoms with Gasteiger partial charge in [-0.1, -0.05) is 48.5 Å². The molecule has 0 saturated carbocycles. The summed E-state index contributed by atoms with van der Waals surface area (Å²) in [6.45, 7) is 0.553. The first-order valence-electron chi connectivity index (χ1n) is 11.6. The van der Waals surface area contributed by atoms with Crippen LogP contribution in [0.15, 0.2) is 78.9 Å². The SMILES string of the molecule is COc1ccc(CCn2c(Cc3cccc4ccccc34)nc3cc(C(F)(F)F)ccc32)cc1OC. The minimum atomic E-state index is -4.42.